The summed E-state index contributed by atoms with van der Waals surface area (Å²) in [4.78, 5) is 44.7. The first-order valence-corrected chi connectivity index (χ1v) is 14.5. The van der Waals surface area contributed by atoms with Crippen LogP contribution in [0.3, 0.4) is 0 Å². The highest BCUT2D eigenvalue weighted by Gasteiger charge is 2.77. The number of amides is 2. The summed E-state index contributed by atoms with van der Waals surface area (Å²) in [7, 11) is 0. The minimum absolute atomic E-state index is 0.0787. The van der Waals surface area contributed by atoms with Crippen LogP contribution in [0.1, 0.15) is 24.5 Å². The Labute approximate surface area is 237 Å². The topological polar surface area (TPSA) is 98.2 Å². The van der Waals surface area contributed by atoms with Gasteiger partial charge in [0.1, 0.15) is 6.04 Å². The zero-order chi connectivity index (χ0) is 28.1. The Bertz CT molecular complexity index is 1290. The second-order valence-electron chi connectivity index (χ2n) is 10.8. The van der Waals surface area contributed by atoms with E-state index in [1.807, 2.05) is 56.3 Å². The molecule has 2 N–H and O–H groups in total. The molecule has 3 aliphatic rings. The van der Waals surface area contributed by atoms with Gasteiger partial charge in [0.15, 0.2) is 0 Å². The fourth-order valence-corrected chi connectivity index (χ4v) is 9.80. The number of aliphatic carboxylic acids is 1. The van der Waals surface area contributed by atoms with Gasteiger partial charge in [-0.1, -0.05) is 67.1 Å². The molecular formula is C30H33ClN2O5S. The molecule has 0 aliphatic carbocycles. The third kappa shape index (κ3) is 4.28. The summed E-state index contributed by atoms with van der Waals surface area (Å²) in [6.07, 6.45) is 2.56. The number of para-hydroxylation sites is 1. The number of nitrogens with zero attached hydrogens (tertiary/aromatic N) is 2. The number of aliphatic hydroxyl groups excluding tert-OH is 1. The Morgan fingerprint density at radius 1 is 1.26 bits per heavy atom. The number of hydrogen-bond donors (Lipinski definition) is 2. The van der Waals surface area contributed by atoms with E-state index in [2.05, 4.69) is 6.58 Å². The van der Waals surface area contributed by atoms with Crippen molar-refractivity contribution in [3.05, 3.63) is 77.3 Å². The van der Waals surface area contributed by atoms with E-state index in [1.54, 1.807) is 17.0 Å². The SMILES string of the molecule is C=CCN(C(=O)C1N([C@@H](CO)Cc2ccccc2)C(=O)[C@@H]2[C@@H](C(=O)O)[C@H]3CC(C)C12S3)c1c(C)cccc1Cl. The molecule has 2 aromatic rings. The molecular weight excluding hydrogens is 536 g/mol. The van der Waals surface area contributed by atoms with Gasteiger partial charge in [0.2, 0.25) is 5.91 Å². The number of aryl methyl sites for hydroxylation is 1. The fourth-order valence-electron chi connectivity index (χ4n) is 7.08. The average molecular weight is 569 g/mol. The fraction of sp³-hybridized carbons (Fsp3) is 0.433. The lowest BCUT2D eigenvalue weighted by Crippen LogP contribution is -2.59. The first-order valence-electron chi connectivity index (χ1n) is 13.2. The molecule has 0 radical (unpaired) electrons. The van der Waals surface area contributed by atoms with Gasteiger partial charge in [-0.15, -0.1) is 18.3 Å². The van der Waals surface area contributed by atoms with E-state index >= 15 is 0 Å². The third-order valence-electron chi connectivity index (χ3n) is 8.66. The standard InChI is InChI=1S/C30H33ClN2O5S/c1-4-13-32(25-17(2)9-8-12-21(25)31)28(36)26-30-18(3)14-22(39-30)23(29(37)38)24(30)27(35)33(26)20(16-34)15-19-10-6-5-7-11-19/h4-12,18,20,22-24,26,34H,1,13-16H2,2-3H3,(H,37,38)/t18?,20-,22-,23+,24+,26?,30?/m1/s1. The lowest BCUT2D eigenvalue weighted by Gasteiger charge is -2.42. The van der Waals surface area contributed by atoms with Crippen LogP contribution in [0, 0.1) is 24.7 Å². The number of fused-ring (bicyclic) bond motifs is 1. The molecule has 39 heavy (non-hydrogen) atoms. The van der Waals surface area contributed by atoms with Gasteiger partial charge >= 0.3 is 5.97 Å². The number of halogens is 1. The summed E-state index contributed by atoms with van der Waals surface area (Å²) in [5.41, 5.74) is 2.25. The van der Waals surface area contributed by atoms with Crippen molar-refractivity contribution in [3.63, 3.8) is 0 Å². The molecule has 0 saturated carbocycles. The van der Waals surface area contributed by atoms with Gasteiger partial charge in [0, 0.05) is 11.8 Å². The van der Waals surface area contributed by atoms with Crippen LogP contribution in [0.5, 0.6) is 0 Å². The summed E-state index contributed by atoms with van der Waals surface area (Å²) < 4.78 is -0.930. The zero-order valence-electron chi connectivity index (χ0n) is 22.0. The van der Waals surface area contributed by atoms with Gasteiger partial charge in [-0.3, -0.25) is 14.4 Å². The molecule has 1 spiro atoms. The highest BCUT2D eigenvalue weighted by molar-refractivity contribution is 8.02. The Hall–Kier alpha value is -2.81. The maximum Gasteiger partial charge on any atom is 0.308 e. The van der Waals surface area contributed by atoms with E-state index < -0.39 is 34.6 Å². The molecule has 3 saturated heterocycles. The number of anilines is 1. The molecule has 3 heterocycles. The van der Waals surface area contributed by atoms with E-state index in [4.69, 9.17) is 11.6 Å². The number of benzene rings is 2. The van der Waals surface area contributed by atoms with Crippen LogP contribution in [-0.4, -0.2) is 68.1 Å². The maximum atomic E-state index is 14.8. The Kier molecular flexibility index (Phi) is 7.57. The third-order valence-corrected chi connectivity index (χ3v) is 11.0. The van der Waals surface area contributed by atoms with Crippen LogP contribution in [0.4, 0.5) is 5.69 Å². The molecule has 2 amide bonds. The number of aliphatic hydroxyl groups is 1. The van der Waals surface area contributed by atoms with Crippen LogP contribution in [-0.2, 0) is 20.8 Å². The van der Waals surface area contributed by atoms with Crippen LogP contribution >= 0.6 is 23.4 Å². The number of rotatable bonds is 9. The summed E-state index contributed by atoms with van der Waals surface area (Å²) in [6.45, 7) is 7.54. The van der Waals surface area contributed by atoms with Gasteiger partial charge in [-0.2, -0.15) is 0 Å². The van der Waals surface area contributed by atoms with Crippen molar-refractivity contribution in [2.45, 2.75) is 48.8 Å². The van der Waals surface area contributed by atoms with Crippen LogP contribution in [0.2, 0.25) is 5.02 Å². The van der Waals surface area contributed by atoms with Gasteiger partial charge in [-0.05, 0) is 42.9 Å². The van der Waals surface area contributed by atoms with Crippen LogP contribution in [0.25, 0.3) is 0 Å². The first-order chi connectivity index (χ1) is 18.7. The van der Waals surface area contributed by atoms with Gasteiger partial charge < -0.3 is 20.0 Å². The molecule has 3 aliphatic heterocycles. The smallest absolute Gasteiger partial charge is 0.308 e. The minimum atomic E-state index is -1.01. The highest BCUT2D eigenvalue weighted by Crippen LogP contribution is 2.69. The van der Waals surface area contributed by atoms with Gasteiger partial charge in [0.05, 0.1) is 39.9 Å². The first kappa shape index (κ1) is 27.7. The number of carbonyl (C=O) groups excluding carboxylic acids is 2. The zero-order valence-corrected chi connectivity index (χ0v) is 23.6. The molecule has 5 rings (SSSR count). The summed E-state index contributed by atoms with van der Waals surface area (Å²) in [6, 6.07) is 13.2. The van der Waals surface area contributed by atoms with Crippen molar-refractivity contribution < 1.29 is 24.6 Å². The molecule has 3 fully saturated rings. The number of carboxylic acids is 1. The van der Waals surface area contributed by atoms with Crippen molar-refractivity contribution in [2.75, 3.05) is 18.1 Å². The quantitative estimate of drug-likeness (QED) is 0.440. The number of thioether (sulfide) groups is 1. The lowest BCUT2D eigenvalue weighted by molar-refractivity contribution is -0.149. The molecule has 0 aromatic heterocycles. The van der Waals surface area contributed by atoms with Gasteiger partial charge in [-0.25, -0.2) is 0 Å². The molecule has 2 aromatic carbocycles. The second kappa shape index (κ2) is 10.6. The monoisotopic (exact) mass is 568 g/mol. The van der Waals surface area contributed by atoms with Crippen molar-refractivity contribution in [1.82, 2.24) is 4.90 Å². The Morgan fingerprint density at radius 3 is 2.59 bits per heavy atom. The summed E-state index contributed by atoms with van der Waals surface area (Å²) in [5, 5.41) is 21.0. The molecule has 7 nitrogen and oxygen atoms in total. The Balaban J connectivity index is 1.67. The summed E-state index contributed by atoms with van der Waals surface area (Å²) >= 11 is 8.10. The molecule has 2 bridgehead atoms. The number of hydrogen-bond acceptors (Lipinski definition) is 5. The molecule has 3 unspecified atom stereocenters. The van der Waals surface area contributed by atoms with E-state index in [0.29, 0.717) is 23.6 Å². The minimum Gasteiger partial charge on any atom is -0.481 e. The second-order valence-corrected chi connectivity index (χ2v) is 12.8. The molecule has 9 heteroatoms. The highest BCUT2D eigenvalue weighted by atomic mass is 35.5. The average Bonchev–Trinajstić information content (AvgIpc) is 3.50. The number of likely N-dealkylation sites (tertiary alicyclic amines) is 1. The number of carboxylic acid groups (broad SMARTS) is 1. The predicted octanol–water partition coefficient (Wildman–Crippen LogP) is 4.19. The normalized spacial score (nSPS) is 29.8. The maximum absolute atomic E-state index is 14.8. The van der Waals surface area contributed by atoms with Crippen molar-refractivity contribution in [2.24, 2.45) is 17.8 Å². The Morgan fingerprint density at radius 2 is 1.97 bits per heavy atom. The van der Waals surface area contributed by atoms with Crippen molar-refractivity contribution in [3.8, 4) is 0 Å². The largest absolute Gasteiger partial charge is 0.481 e. The van der Waals surface area contributed by atoms with Crippen LogP contribution in [0.15, 0.2) is 61.2 Å². The molecule has 7 atom stereocenters. The van der Waals surface area contributed by atoms with Crippen molar-refractivity contribution >= 4 is 46.8 Å². The predicted molar refractivity (Wildman–Crippen MR) is 153 cm³/mol. The lowest BCUT2D eigenvalue weighted by atomic mass is 9.66. The summed E-state index contributed by atoms with van der Waals surface area (Å²) in [5.74, 6) is -3.53. The van der Waals surface area contributed by atoms with E-state index in [-0.39, 0.29) is 36.1 Å². The van der Waals surface area contributed by atoms with Crippen molar-refractivity contribution in [1.29, 1.82) is 0 Å². The number of carbonyl (C=O) groups is 3. The van der Waals surface area contributed by atoms with Gasteiger partial charge in [0.25, 0.3) is 5.91 Å². The van der Waals surface area contributed by atoms with E-state index in [0.717, 1.165) is 11.1 Å². The van der Waals surface area contributed by atoms with E-state index in [9.17, 15) is 24.6 Å². The molecule has 206 valence electrons. The van der Waals surface area contributed by atoms with E-state index in [1.165, 1.54) is 16.7 Å². The van der Waals surface area contributed by atoms with Crippen LogP contribution < -0.4 is 4.90 Å².